The van der Waals surface area contributed by atoms with Crippen LogP contribution in [-0.2, 0) is 20.5 Å². The lowest BCUT2D eigenvalue weighted by molar-refractivity contribution is -0.189. The largest absolute Gasteiger partial charge is 0.459 e. The number of amides is 1. The minimum Gasteiger partial charge on any atom is -0.459 e. The van der Waals surface area contributed by atoms with Gasteiger partial charge in [-0.3, -0.25) is 14.5 Å². The summed E-state index contributed by atoms with van der Waals surface area (Å²) in [4.78, 5) is 32.5. The van der Waals surface area contributed by atoms with Gasteiger partial charge < -0.3 is 15.0 Å². The number of nitrogens with one attached hydrogen (secondary N) is 1. The molecule has 7 nitrogen and oxygen atoms in total. The monoisotopic (exact) mass is 480 g/mol. The lowest BCUT2D eigenvalue weighted by Gasteiger charge is -2.59. The summed E-state index contributed by atoms with van der Waals surface area (Å²) in [6.45, 7) is 4.28. The first-order valence-electron chi connectivity index (χ1n) is 12.1. The highest BCUT2D eigenvalue weighted by molar-refractivity contribution is 5.78. The molecule has 1 aromatic heterocycles. The fourth-order valence-electron chi connectivity index (χ4n) is 6.93. The van der Waals surface area contributed by atoms with Crippen molar-refractivity contribution in [1.29, 1.82) is 0 Å². The number of anilines is 1. The number of esters is 1. The molecular formula is C24H31F3N4O3. The molecule has 6 rings (SSSR count). The molecule has 5 aliphatic rings. The molecule has 0 spiro atoms. The molecule has 2 atom stereocenters. The van der Waals surface area contributed by atoms with Gasteiger partial charge in [-0.25, -0.2) is 4.98 Å². The van der Waals surface area contributed by atoms with E-state index in [0.717, 1.165) is 44.4 Å². The maximum absolute atomic E-state index is 12.9. The van der Waals surface area contributed by atoms with Crippen molar-refractivity contribution < 1.29 is 27.5 Å². The van der Waals surface area contributed by atoms with Gasteiger partial charge >= 0.3 is 12.1 Å². The molecule has 1 aromatic rings. The zero-order valence-corrected chi connectivity index (χ0v) is 19.3. The van der Waals surface area contributed by atoms with Crippen LogP contribution in [0.1, 0.15) is 44.6 Å². The molecule has 1 amide bonds. The van der Waals surface area contributed by atoms with Gasteiger partial charge in [-0.05, 0) is 62.0 Å². The number of nitrogens with zero attached hydrogens (tertiary/aromatic N) is 3. The quantitative estimate of drug-likeness (QED) is 0.654. The Kier molecular flexibility index (Phi) is 5.98. The van der Waals surface area contributed by atoms with Crippen LogP contribution in [0.25, 0.3) is 0 Å². The molecule has 0 radical (unpaired) electrons. The molecule has 5 fully saturated rings. The number of aromatic nitrogens is 1. The Labute approximate surface area is 197 Å². The standard InChI is InChI=1S/C24H31F3N4O3/c1-15(32)34-23-10-16-8-17(11-23)22(18(9-16)12-23)29-21(33)14-30-4-6-31(7-5-30)20-3-2-19(13-28-20)24(25,26)27/h2-3,13,16-18,22H,4-12,14H2,1H3,(H,29,33). The Morgan fingerprint density at radius 3 is 2.35 bits per heavy atom. The minimum atomic E-state index is -4.39. The van der Waals surface area contributed by atoms with E-state index in [1.165, 1.54) is 13.0 Å². The first kappa shape index (κ1) is 23.4. The molecule has 4 saturated carbocycles. The van der Waals surface area contributed by atoms with E-state index < -0.39 is 11.7 Å². The van der Waals surface area contributed by atoms with Crippen LogP contribution in [0.3, 0.4) is 0 Å². The van der Waals surface area contributed by atoms with Crippen LogP contribution in [0.15, 0.2) is 18.3 Å². The lowest BCUT2D eigenvalue weighted by atomic mass is 9.52. The second-order valence-corrected chi connectivity index (χ2v) is 10.5. The van der Waals surface area contributed by atoms with Crippen LogP contribution in [0.2, 0.25) is 0 Å². The molecule has 2 unspecified atom stereocenters. The summed E-state index contributed by atoms with van der Waals surface area (Å²) >= 11 is 0. The molecule has 1 N–H and O–H groups in total. The third-order valence-corrected chi connectivity index (χ3v) is 8.04. The molecule has 4 bridgehead atoms. The summed E-state index contributed by atoms with van der Waals surface area (Å²) in [6, 6.07) is 2.60. The Bertz CT molecular complexity index is 914. The van der Waals surface area contributed by atoms with Gasteiger partial charge in [0.25, 0.3) is 0 Å². The molecule has 0 aromatic carbocycles. The fraction of sp³-hybridized carbons (Fsp3) is 0.708. The summed E-state index contributed by atoms with van der Waals surface area (Å²) in [7, 11) is 0. The maximum atomic E-state index is 12.9. The van der Waals surface area contributed by atoms with Gasteiger partial charge in [-0.15, -0.1) is 0 Å². The van der Waals surface area contributed by atoms with Gasteiger partial charge in [0.2, 0.25) is 5.91 Å². The highest BCUT2D eigenvalue weighted by atomic mass is 19.4. The van der Waals surface area contributed by atoms with Gasteiger partial charge in [0, 0.05) is 45.3 Å². The van der Waals surface area contributed by atoms with Gasteiger partial charge in [-0.2, -0.15) is 13.2 Å². The third-order valence-electron chi connectivity index (χ3n) is 8.04. The minimum absolute atomic E-state index is 0.0140. The van der Waals surface area contributed by atoms with E-state index in [1.807, 2.05) is 4.90 Å². The van der Waals surface area contributed by atoms with Crippen molar-refractivity contribution in [2.75, 3.05) is 37.6 Å². The predicted molar refractivity (Wildman–Crippen MR) is 118 cm³/mol. The number of piperazine rings is 1. The number of carbonyl (C=O) groups excluding carboxylic acids is 2. The van der Waals surface area contributed by atoms with Crippen molar-refractivity contribution in [1.82, 2.24) is 15.2 Å². The lowest BCUT2D eigenvalue weighted by Crippen LogP contribution is -2.63. The number of ether oxygens (including phenoxy) is 1. The number of rotatable bonds is 5. The second kappa shape index (κ2) is 8.70. The van der Waals surface area contributed by atoms with E-state index >= 15 is 0 Å². The average Bonchev–Trinajstić information content (AvgIpc) is 2.75. The highest BCUT2D eigenvalue weighted by Crippen LogP contribution is 2.57. The summed E-state index contributed by atoms with van der Waals surface area (Å²) in [5.41, 5.74) is -1.08. The van der Waals surface area contributed by atoms with Crippen molar-refractivity contribution in [3.05, 3.63) is 23.9 Å². The summed E-state index contributed by atoms with van der Waals surface area (Å²) in [6.07, 6.45) is 1.28. The van der Waals surface area contributed by atoms with Crippen LogP contribution in [-0.4, -0.2) is 66.1 Å². The van der Waals surface area contributed by atoms with E-state index in [-0.39, 0.29) is 23.5 Å². The maximum Gasteiger partial charge on any atom is 0.417 e. The van der Waals surface area contributed by atoms with Crippen LogP contribution < -0.4 is 10.2 Å². The first-order valence-corrected chi connectivity index (χ1v) is 12.1. The Balaban J connectivity index is 1.11. The van der Waals surface area contributed by atoms with Crippen LogP contribution in [0.4, 0.5) is 19.0 Å². The average molecular weight is 481 g/mol. The van der Waals surface area contributed by atoms with Crippen molar-refractivity contribution >= 4 is 17.7 Å². The molecule has 1 aliphatic heterocycles. The molecule has 186 valence electrons. The Morgan fingerprint density at radius 2 is 1.79 bits per heavy atom. The summed E-state index contributed by atoms with van der Waals surface area (Å²) < 4.78 is 44.0. The fourth-order valence-corrected chi connectivity index (χ4v) is 6.93. The van der Waals surface area contributed by atoms with Crippen molar-refractivity contribution in [3.63, 3.8) is 0 Å². The van der Waals surface area contributed by atoms with Crippen LogP contribution >= 0.6 is 0 Å². The third kappa shape index (κ3) is 4.74. The SMILES string of the molecule is CC(=O)OC12CC3CC(C1)C(NC(=O)CN1CCN(c4ccc(C(F)(F)F)cn4)CC1)C(C3)C2. The normalized spacial score (nSPS) is 33.1. The van der Waals surface area contributed by atoms with Crippen LogP contribution in [0.5, 0.6) is 0 Å². The number of halogens is 3. The highest BCUT2D eigenvalue weighted by Gasteiger charge is 2.57. The number of hydrogen-bond donors (Lipinski definition) is 1. The molecule has 4 aliphatic carbocycles. The zero-order chi connectivity index (χ0) is 24.1. The van der Waals surface area contributed by atoms with E-state index in [2.05, 4.69) is 15.2 Å². The van der Waals surface area contributed by atoms with Crippen molar-refractivity contribution in [3.8, 4) is 0 Å². The Morgan fingerprint density at radius 1 is 1.12 bits per heavy atom. The Hall–Kier alpha value is -2.36. The zero-order valence-electron chi connectivity index (χ0n) is 19.3. The number of hydrogen-bond acceptors (Lipinski definition) is 6. The van der Waals surface area contributed by atoms with Gasteiger partial charge in [0.05, 0.1) is 12.1 Å². The van der Waals surface area contributed by atoms with E-state index in [4.69, 9.17) is 4.74 Å². The predicted octanol–water partition coefficient (Wildman–Crippen LogP) is 2.85. The van der Waals surface area contributed by atoms with Crippen molar-refractivity contribution in [2.24, 2.45) is 17.8 Å². The van der Waals surface area contributed by atoms with Crippen molar-refractivity contribution in [2.45, 2.75) is 56.8 Å². The smallest absolute Gasteiger partial charge is 0.417 e. The molecule has 1 saturated heterocycles. The van der Waals surface area contributed by atoms with Crippen LogP contribution in [0, 0.1) is 17.8 Å². The van der Waals surface area contributed by atoms with Gasteiger partial charge in [-0.1, -0.05) is 0 Å². The number of pyridine rings is 1. The summed E-state index contributed by atoms with van der Waals surface area (Å²) in [5, 5.41) is 3.29. The second-order valence-electron chi connectivity index (χ2n) is 10.5. The topological polar surface area (TPSA) is 74.8 Å². The van der Waals surface area contributed by atoms with E-state index in [1.54, 1.807) is 0 Å². The van der Waals surface area contributed by atoms with Gasteiger partial charge in [0.1, 0.15) is 11.4 Å². The molecule has 10 heteroatoms. The molecule has 2 heterocycles. The molecular weight excluding hydrogens is 449 g/mol. The summed E-state index contributed by atoms with van der Waals surface area (Å²) in [5.74, 6) is 1.62. The number of alkyl halides is 3. The molecule has 34 heavy (non-hydrogen) atoms. The van der Waals surface area contributed by atoms with E-state index in [0.29, 0.717) is 56.3 Å². The van der Waals surface area contributed by atoms with Gasteiger partial charge in [0.15, 0.2) is 0 Å². The van der Waals surface area contributed by atoms with E-state index in [9.17, 15) is 22.8 Å². The first-order chi connectivity index (χ1) is 16.1. The number of carbonyl (C=O) groups is 2.